The first-order chi connectivity index (χ1) is 13.0. The molecule has 0 spiro atoms. The van der Waals surface area contributed by atoms with Crippen molar-refractivity contribution in [3.05, 3.63) is 51.5 Å². The molecule has 1 saturated heterocycles. The first kappa shape index (κ1) is 18.6. The van der Waals surface area contributed by atoms with Crippen LogP contribution in [0.4, 0.5) is 5.82 Å². The Hall–Kier alpha value is -1.74. The lowest BCUT2D eigenvalue weighted by Gasteiger charge is -2.25. The van der Waals surface area contributed by atoms with Gasteiger partial charge in [0.15, 0.2) is 0 Å². The molecule has 4 atom stereocenters. The maximum atomic E-state index is 12.0. The summed E-state index contributed by atoms with van der Waals surface area (Å²) in [7, 11) is -1.59. The van der Waals surface area contributed by atoms with Gasteiger partial charge in [0.05, 0.1) is 24.3 Å². The highest BCUT2D eigenvalue weighted by atomic mass is 35.5. The van der Waals surface area contributed by atoms with Gasteiger partial charge in [-0.25, -0.2) is 4.79 Å². The molecule has 11 heteroatoms. The van der Waals surface area contributed by atoms with Gasteiger partial charge in [0.25, 0.3) is 0 Å². The van der Waals surface area contributed by atoms with E-state index in [9.17, 15) is 9.90 Å². The van der Waals surface area contributed by atoms with Crippen LogP contribution in [0.15, 0.2) is 35.3 Å². The van der Waals surface area contributed by atoms with Crippen LogP contribution in [0.2, 0.25) is 5.02 Å². The van der Waals surface area contributed by atoms with Crippen molar-refractivity contribution in [2.75, 3.05) is 12.3 Å². The summed E-state index contributed by atoms with van der Waals surface area (Å²) in [5, 5.41) is 10.4. The summed E-state index contributed by atoms with van der Waals surface area (Å²) in [6.07, 6.45) is -0.650. The number of nitrogens with zero attached hydrogens (tertiary/aromatic N) is 2. The number of nitrogen functional groups attached to an aromatic ring is 1. The van der Waals surface area contributed by atoms with Gasteiger partial charge >= 0.3 is 14.3 Å². The summed E-state index contributed by atoms with van der Waals surface area (Å²) in [6.45, 7) is 0.444. The standard InChI is InChI=1S/C16H17ClN3O6P/c17-10-6-20(16(22)19-15(10)18)14-5-11(21)13(25-14)8-24-27-23-7-9-3-1-2-4-12(9)26-27/h1-4,6,11,13-14,21H,5,7-8H2,(H2,18,19,22). The van der Waals surface area contributed by atoms with Crippen LogP contribution >= 0.6 is 20.2 Å². The Kier molecular flexibility index (Phi) is 5.32. The molecule has 9 nitrogen and oxygen atoms in total. The SMILES string of the molecule is Nc1nc(=O)n(C2CC(O)C(COP3OCc4ccccc4O3)O2)cc1Cl. The second kappa shape index (κ2) is 7.71. The summed E-state index contributed by atoms with van der Waals surface area (Å²) < 4.78 is 23.8. The number of para-hydroxylation sites is 1. The largest absolute Gasteiger partial charge is 0.426 e. The lowest BCUT2D eigenvalue weighted by molar-refractivity contribution is -0.0436. The van der Waals surface area contributed by atoms with Crippen molar-refractivity contribution in [1.29, 1.82) is 0 Å². The zero-order chi connectivity index (χ0) is 19.0. The number of ether oxygens (including phenoxy) is 1. The maximum Gasteiger partial charge on any atom is 0.397 e. The van der Waals surface area contributed by atoms with E-state index in [-0.39, 0.29) is 23.9 Å². The van der Waals surface area contributed by atoms with Gasteiger partial charge in [-0.15, -0.1) is 0 Å². The number of nitrogens with two attached hydrogens (primary N) is 1. The fourth-order valence-electron chi connectivity index (χ4n) is 2.84. The molecule has 2 aliphatic heterocycles. The number of halogens is 1. The first-order valence-electron chi connectivity index (χ1n) is 8.21. The maximum absolute atomic E-state index is 12.0. The molecule has 2 aromatic rings. The predicted molar refractivity (Wildman–Crippen MR) is 97.2 cm³/mol. The number of fused-ring (bicyclic) bond motifs is 1. The van der Waals surface area contributed by atoms with E-state index in [2.05, 4.69) is 4.98 Å². The minimum atomic E-state index is -1.59. The fraction of sp³-hybridized carbons (Fsp3) is 0.375. The second-order valence-electron chi connectivity index (χ2n) is 6.09. The third-order valence-electron chi connectivity index (χ3n) is 4.26. The highest BCUT2D eigenvalue weighted by Crippen LogP contribution is 2.47. The topological polar surface area (TPSA) is 118 Å². The number of anilines is 1. The molecule has 3 heterocycles. The summed E-state index contributed by atoms with van der Waals surface area (Å²) >= 11 is 5.92. The molecular formula is C16H17ClN3O6P. The van der Waals surface area contributed by atoms with Crippen LogP contribution in [-0.2, 0) is 20.4 Å². The zero-order valence-electron chi connectivity index (χ0n) is 14.0. The Morgan fingerprint density at radius 1 is 1.44 bits per heavy atom. The van der Waals surface area contributed by atoms with Crippen LogP contribution in [-0.4, -0.2) is 33.5 Å². The fourth-order valence-corrected chi connectivity index (χ4v) is 4.02. The highest BCUT2D eigenvalue weighted by molar-refractivity contribution is 7.42. The van der Waals surface area contributed by atoms with Crippen LogP contribution in [0, 0.1) is 0 Å². The van der Waals surface area contributed by atoms with Crippen molar-refractivity contribution in [2.24, 2.45) is 0 Å². The van der Waals surface area contributed by atoms with Gasteiger partial charge in [-0.1, -0.05) is 29.8 Å². The minimum Gasteiger partial charge on any atom is -0.426 e. The summed E-state index contributed by atoms with van der Waals surface area (Å²) in [5.41, 5.74) is 5.86. The predicted octanol–water partition coefficient (Wildman–Crippen LogP) is 1.98. The average molecular weight is 414 g/mol. The summed E-state index contributed by atoms with van der Waals surface area (Å²) in [5.74, 6) is 0.667. The van der Waals surface area contributed by atoms with E-state index < -0.39 is 32.7 Å². The quantitative estimate of drug-likeness (QED) is 0.730. The van der Waals surface area contributed by atoms with E-state index in [4.69, 9.17) is 35.6 Å². The number of aromatic nitrogens is 2. The number of aliphatic hydroxyl groups excluding tert-OH is 1. The van der Waals surface area contributed by atoms with Gasteiger partial charge < -0.3 is 20.1 Å². The van der Waals surface area contributed by atoms with Crippen LogP contribution in [0.5, 0.6) is 5.75 Å². The molecule has 3 N–H and O–H groups in total. The van der Waals surface area contributed by atoms with E-state index in [1.807, 2.05) is 24.3 Å². The Morgan fingerprint density at radius 2 is 2.26 bits per heavy atom. The molecule has 4 rings (SSSR count). The van der Waals surface area contributed by atoms with Crippen LogP contribution in [0.1, 0.15) is 18.2 Å². The highest BCUT2D eigenvalue weighted by Gasteiger charge is 2.37. The third kappa shape index (κ3) is 3.94. The molecular weight excluding hydrogens is 397 g/mol. The number of hydrogen-bond donors (Lipinski definition) is 2. The Labute approximate surface area is 160 Å². The number of hydrogen-bond acceptors (Lipinski definition) is 8. The molecule has 1 aromatic heterocycles. The molecule has 0 amide bonds. The smallest absolute Gasteiger partial charge is 0.397 e. The van der Waals surface area contributed by atoms with Gasteiger partial charge in [-0.2, -0.15) is 4.98 Å². The Morgan fingerprint density at radius 3 is 3.11 bits per heavy atom. The van der Waals surface area contributed by atoms with E-state index in [1.54, 1.807) is 0 Å². The van der Waals surface area contributed by atoms with Crippen molar-refractivity contribution in [2.45, 2.75) is 31.5 Å². The molecule has 1 fully saturated rings. The van der Waals surface area contributed by atoms with Gasteiger partial charge in [0, 0.05) is 18.2 Å². The van der Waals surface area contributed by atoms with E-state index in [0.717, 1.165) is 11.3 Å². The van der Waals surface area contributed by atoms with Crippen molar-refractivity contribution < 1.29 is 23.4 Å². The molecule has 27 heavy (non-hydrogen) atoms. The van der Waals surface area contributed by atoms with Gasteiger partial charge in [-0.05, 0) is 6.07 Å². The Bertz CT molecular complexity index is 897. The number of aliphatic hydroxyl groups is 1. The molecule has 0 aliphatic carbocycles. The van der Waals surface area contributed by atoms with Gasteiger partial charge in [0.2, 0.25) is 0 Å². The first-order valence-corrected chi connectivity index (χ1v) is 9.68. The van der Waals surface area contributed by atoms with Gasteiger partial charge in [0.1, 0.15) is 23.9 Å². The summed E-state index contributed by atoms with van der Waals surface area (Å²) in [6, 6.07) is 7.54. The minimum absolute atomic E-state index is 0.0500. The molecule has 0 bridgehead atoms. The second-order valence-corrected chi connectivity index (χ2v) is 7.64. The van der Waals surface area contributed by atoms with Gasteiger partial charge in [-0.3, -0.25) is 13.6 Å². The van der Waals surface area contributed by atoms with Crippen molar-refractivity contribution in [3.63, 3.8) is 0 Å². The molecule has 4 unspecified atom stereocenters. The van der Waals surface area contributed by atoms with E-state index >= 15 is 0 Å². The third-order valence-corrected chi connectivity index (χ3v) is 5.60. The summed E-state index contributed by atoms with van der Waals surface area (Å²) in [4.78, 5) is 15.6. The van der Waals surface area contributed by atoms with Crippen LogP contribution in [0.3, 0.4) is 0 Å². The molecule has 0 saturated carbocycles. The zero-order valence-corrected chi connectivity index (χ0v) is 15.7. The van der Waals surface area contributed by atoms with Crippen molar-refractivity contribution in [3.8, 4) is 5.75 Å². The molecule has 0 radical (unpaired) electrons. The monoisotopic (exact) mass is 413 g/mol. The number of benzene rings is 1. The van der Waals surface area contributed by atoms with Crippen molar-refractivity contribution in [1.82, 2.24) is 9.55 Å². The lowest BCUT2D eigenvalue weighted by Crippen LogP contribution is -2.28. The van der Waals surface area contributed by atoms with Crippen LogP contribution in [0.25, 0.3) is 0 Å². The molecule has 2 aliphatic rings. The average Bonchev–Trinajstić information content (AvgIpc) is 3.03. The lowest BCUT2D eigenvalue weighted by atomic mass is 10.2. The van der Waals surface area contributed by atoms with E-state index in [0.29, 0.717) is 6.61 Å². The normalized spacial score (nSPS) is 27.2. The molecule has 144 valence electrons. The Balaban J connectivity index is 1.37. The van der Waals surface area contributed by atoms with E-state index in [1.165, 1.54) is 10.8 Å². The van der Waals surface area contributed by atoms with Crippen LogP contribution < -0.4 is 15.9 Å². The number of rotatable bonds is 4. The van der Waals surface area contributed by atoms with Crippen molar-refractivity contribution >= 4 is 26.0 Å². The molecule has 1 aromatic carbocycles.